The first-order valence-corrected chi connectivity index (χ1v) is 7.28. The molecule has 2 aromatic rings. The molecule has 3 nitrogen and oxygen atoms in total. The molecule has 0 radical (unpaired) electrons. The van der Waals surface area contributed by atoms with E-state index in [4.69, 9.17) is 4.74 Å². The van der Waals surface area contributed by atoms with Crippen LogP contribution in [0.3, 0.4) is 0 Å². The first kappa shape index (κ1) is 13.7. The second-order valence-electron chi connectivity index (χ2n) is 5.34. The quantitative estimate of drug-likeness (QED) is 0.860. The molecule has 1 aliphatic heterocycles. The molecule has 108 valence electrons. The molecule has 3 rings (SSSR count). The predicted molar refractivity (Wildman–Crippen MR) is 83.6 cm³/mol. The highest BCUT2D eigenvalue weighted by molar-refractivity contribution is 5.98. The summed E-state index contributed by atoms with van der Waals surface area (Å²) < 4.78 is 5.37. The van der Waals surface area contributed by atoms with Gasteiger partial charge in [-0.1, -0.05) is 42.5 Å². The molecule has 1 atom stereocenters. The molecular formula is C18H19NO2. The van der Waals surface area contributed by atoms with Crippen LogP contribution >= 0.6 is 0 Å². The number of benzene rings is 2. The first-order chi connectivity index (χ1) is 10.3. The molecule has 0 aromatic heterocycles. The predicted octanol–water partition coefficient (Wildman–Crippen LogP) is 3.29. The standard InChI is InChI=1S/C18H19NO2/c1-21-17-10-6-5-9-16(17)19-12-11-15(18(19)20)13-14-7-3-2-4-8-14/h2-10,15H,11-13H2,1H3. The Morgan fingerprint density at radius 2 is 1.81 bits per heavy atom. The Balaban J connectivity index is 1.77. The van der Waals surface area contributed by atoms with Crippen molar-refractivity contribution in [3.8, 4) is 5.75 Å². The van der Waals surface area contributed by atoms with Gasteiger partial charge in [0, 0.05) is 12.5 Å². The van der Waals surface area contributed by atoms with Crippen LogP contribution in [0, 0.1) is 5.92 Å². The lowest BCUT2D eigenvalue weighted by atomic mass is 9.98. The Kier molecular flexibility index (Phi) is 3.91. The van der Waals surface area contributed by atoms with E-state index in [1.807, 2.05) is 47.4 Å². The van der Waals surface area contributed by atoms with Crippen molar-refractivity contribution in [3.05, 3.63) is 60.2 Å². The first-order valence-electron chi connectivity index (χ1n) is 7.28. The maximum absolute atomic E-state index is 12.6. The van der Waals surface area contributed by atoms with E-state index in [0.717, 1.165) is 30.8 Å². The summed E-state index contributed by atoms with van der Waals surface area (Å²) in [4.78, 5) is 14.5. The van der Waals surface area contributed by atoms with Crippen LogP contribution in [-0.2, 0) is 11.2 Å². The fraction of sp³-hybridized carbons (Fsp3) is 0.278. The number of hydrogen-bond donors (Lipinski definition) is 0. The molecule has 0 N–H and O–H groups in total. The van der Waals surface area contributed by atoms with Gasteiger partial charge in [0.1, 0.15) is 5.75 Å². The molecule has 0 saturated carbocycles. The van der Waals surface area contributed by atoms with E-state index in [9.17, 15) is 4.79 Å². The third-order valence-electron chi connectivity index (χ3n) is 4.02. The second-order valence-corrected chi connectivity index (χ2v) is 5.34. The van der Waals surface area contributed by atoms with Crippen molar-refractivity contribution in [1.29, 1.82) is 0 Å². The van der Waals surface area contributed by atoms with Crippen LogP contribution in [0.1, 0.15) is 12.0 Å². The summed E-state index contributed by atoms with van der Waals surface area (Å²) in [6, 6.07) is 17.9. The summed E-state index contributed by atoms with van der Waals surface area (Å²) in [6.07, 6.45) is 1.71. The van der Waals surface area contributed by atoms with Crippen LogP contribution in [0.15, 0.2) is 54.6 Å². The van der Waals surface area contributed by atoms with Crippen molar-refractivity contribution in [1.82, 2.24) is 0 Å². The van der Waals surface area contributed by atoms with Crippen LogP contribution in [0.25, 0.3) is 0 Å². The average molecular weight is 281 g/mol. The molecule has 0 spiro atoms. The summed E-state index contributed by atoms with van der Waals surface area (Å²) in [6.45, 7) is 0.761. The van der Waals surface area contributed by atoms with Gasteiger partial charge in [0.2, 0.25) is 5.91 Å². The Bertz CT molecular complexity index is 624. The minimum Gasteiger partial charge on any atom is -0.495 e. The monoisotopic (exact) mass is 281 g/mol. The molecule has 1 fully saturated rings. The molecule has 3 heteroatoms. The molecule has 1 unspecified atom stereocenters. The number of anilines is 1. The lowest BCUT2D eigenvalue weighted by molar-refractivity contribution is -0.120. The molecule has 2 aromatic carbocycles. The van der Waals surface area contributed by atoms with E-state index < -0.39 is 0 Å². The maximum atomic E-state index is 12.6. The highest BCUT2D eigenvalue weighted by atomic mass is 16.5. The van der Waals surface area contributed by atoms with E-state index in [2.05, 4.69) is 12.1 Å². The average Bonchev–Trinajstić information content (AvgIpc) is 2.89. The zero-order chi connectivity index (χ0) is 14.7. The molecule has 1 heterocycles. The van der Waals surface area contributed by atoms with Gasteiger partial charge < -0.3 is 9.64 Å². The number of amides is 1. The minimum absolute atomic E-state index is 0.0670. The van der Waals surface area contributed by atoms with Gasteiger partial charge in [-0.05, 0) is 30.5 Å². The van der Waals surface area contributed by atoms with Crippen LogP contribution < -0.4 is 9.64 Å². The van der Waals surface area contributed by atoms with Crippen molar-refractivity contribution in [2.24, 2.45) is 5.92 Å². The highest BCUT2D eigenvalue weighted by Crippen LogP contribution is 2.33. The lowest BCUT2D eigenvalue weighted by Gasteiger charge is -2.19. The van der Waals surface area contributed by atoms with E-state index in [-0.39, 0.29) is 11.8 Å². The number of para-hydroxylation sites is 2. The summed E-state index contributed by atoms with van der Waals surface area (Å²) in [5.41, 5.74) is 2.10. The number of methoxy groups -OCH3 is 1. The zero-order valence-corrected chi connectivity index (χ0v) is 12.2. The second kappa shape index (κ2) is 6.00. The van der Waals surface area contributed by atoms with Gasteiger partial charge in [-0.3, -0.25) is 4.79 Å². The largest absolute Gasteiger partial charge is 0.495 e. The molecule has 1 saturated heterocycles. The number of carbonyl (C=O) groups is 1. The Morgan fingerprint density at radius 3 is 2.57 bits per heavy atom. The Morgan fingerprint density at radius 1 is 1.10 bits per heavy atom. The van der Waals surface area contributed by atoms with Crippen molar-refractivity contribution in [3.63, 3.8) is 0 Å². The van der Waals surface area contributed by atoms with Gasteiger partial charge in [-0.15, -0.1) is 0 Å². The van der Waals surface area contributed by atoms with Crippen LogP contribution in [0.2, 0.25) is 0 Å². The SMILES string of the molecule is COc1ccccc1N1CCC(Cc2ccccc2)C1=O. The van der Waals surface area contributed by atoms with Crippen LogP contribution in [0.5, 0.6) is 5.75 Å². The van der Waals surface area contributed by atoms with Crippen LogP contribution in [0.4, 0.5) is 5.69 Å². The summed E-state index contributed by atoms with van der Waals surface area (Å²) in [7, 11) is 1.64. The maximum Gasteiger partial charge on any atom is 0.230 e. The van der Waals surface area contributed by atoms with E-state index in [0.29, 0.717) is 0 Å². The fourth-order valence-corrected chi connectivity index (χ4v) is 2.92. The molecule has 0 aliphatic carbocycles. The number of rotatable bonds is 4. The fourth-order valence-electron chi connectivity index (χ4n) is 2.92. The van der Waals surface area contributed by atoms with Gasteiger partial charge in [-0.2, -0.15) is 0 Å². The molecule has 1 aliphatic rings. The van der Waals surface area contributed by atoms with E-state index in [1.165, 1.54) is 5.56 Å². The van der Waals surface area contributed by atoms with Crippen molar-refractivity contribution < 1.29 is 9.53 Å². The van der Waals surface area contributed by atoms with Crippen molar-refractivity contribution in [2.75, 3.05) is 18.6 Å². The Labute approximate surface area is 125 Å². The minimum atomic E-state index is 0.0670. The summed E-state index contributed by atoms with van der Waals surface area (Å²) >= 11 is 0. The summed E-state index contributed by atoms with van der Waals surface area (Å²) in [5.74, 6) is 1.02. The van der Waals surface area contributed by atoms with Crippen molar-refractivity contribution in [2.45, 2.75) is 12.8 Å². The molecule has 0 bridgehead atoms. The topological polar surface area (TPSA) is 29.5 Å². The number of carbonyl (C=O) groups excluding carboxylic acids is 1. The lowest BCUT2D eigenvalue weighted by Crippen LogP contribution is -2.28. The van der Waals surface area contributed by atoms with Gasteiger partial charge in [-0.25, -0.2) is 0 Å². The van der Waals surface area contributed by atoms with Crippen molar-refractivity contribution >= 4 is 11.6 Å². The van der Waals surface area contributed by atoms with Gasteiger partial charge in [0.25, 0.3) is 0 Å². The normalized spacial score (nSPS) is 18.0. The van der Waals surface area contributed by atoms with Crippen LogP contribution in [-0.4, -0.2) is 19.6 Å². The molecule has 21 heavy (non-hydrogen) atoms. The summed E-state index contributed by atoms with van der Waals surface area (Å²) in [5, 5.41) is 0. The van der Waals surface area contributed by atoms with E-state index >= 15 is 0 Å². The number of hydrogen-bond acceptors (Lipinski definition) is 2. The zero-order valence-electron chi connectivity index (χ0n) is 12.2. The number of ether oxygens (including phenoxy) is 1. The van der Waals surface area contributed by atoms with Gasteiger partial charge in [0.15, 0.2) is 0 Å². The van der Waals surface area contributed by atoms with Gasteiger partial charge in [0.05, 0.1) is 12.8 Å². The number of nitrogens with zero attached hydrogens (tertiary/aromatic N) is 1. The third kappa shape index (κ3) is 2.77. The molecular weight excluding hydrogens is 262 g/mol. The van der Waals surface area contributed by atoms with Gasteiger partial charge >= 0.3 is 0 Å². The smallest absolute Gasteiger partial charge is 0.230 e. The van der Waals surface area contributed by atoms with E-state index in [1.54, 1.807) is 7.11 Å². The molecule has 1 amide bonds. The third-order valence-corrected chi connectivity index (χ3v) is 4.02. The Hall–Kier alpha value is -2.29. The highest BCUT2D eigenvalue weighted by Gasteiger charge is 2.33.